The van der Waals surface area contributed by atoms with E-state index < -0.39 is 125 Å². The average molecular weight is 1440 g/mol. The van der Waals surface area contributed by atoms with Gasteiger partial charge in [0.05, 0.1) is 36.4 Å². The summed E-state index contributed by atoms with van der Waals surface area (Å²) in [4.78, 5) is 159. The molecule has 10 amide bonds. The molecule has 3 saturated heterocycles. The monoisotopic (exact) mass is 1430 g/mol. The van der Waals surface area contributed by atoms with Crippen LogP contribution < -0.4 is 47.3 Å². The molecular weight excluding hydrogens is 1340 g/mol. The second-order valence-corrected chi connectivity index (χ2v) is 28.3. The molecule has 13 atom stereocenters. The van der Waals surface area contributed by atoms with Crippen molar-refractivity contribution in [2.75, 3.05) is 63.7 Å². The van der Waals surface area contributed by atoms with Crippen LogP contribution in [-0.4, -0.2) is 221 Å². The van der Waals surface area contributed by atoms with Crippen molar-refractivity contribution >= 4 is 112 Å². The summed E-state index contributed by atoms with van der Waals surface area (Å²) in [7, 11) is 5.90. The van der Waals surface area contributed by atoms with Gasteiger partial charge in [0.15, 0.2) is 5.72 Å². The molecule has 98 heavy (non-hydrogen) atoms. The smallest absolute Gasteiger partial charge is 0.409 e. The van der Waals surface area contributed by atoms with Gasteiger partial charge in [-0.05, 0) is 122 Å². The van der Waals surface area contributed by atoms with Crippen LogP contribution in [0.4, 0.5) is 10.5 Å². The van der Waals surface area contributed by atoms with E-state index in [0.29, 0.717) is 80.9 Å². The number of likely N-dealkylation sites (N-methyl/N-ethyl adjacent to an activating group) is 1. The molecular formula is C66H99ClN10O19S2. The molecule has 0 aliphatic carbocycles. The lowest BCUT2D eigenvalue weighted by Gasteiger charge is -2.42. The molecule has 546 valence electrons. The van der Waals surface area contributed by atoms with Crippen LogP contribution in [0.25, 0.3) is 0 Å². The maximum absolute atomic E-state index is 14.4. The number of fused-ring (bicyclic) bond motifs is 5. The number of epoxide rings is 1. The van der Waals surface area contributed by atoms with Crippen LogP contribution in [0.15, 0.2) is 35.9 Å². The number of alkyl carbamates (subject to hydrolysis) is 1. The molecule has 0 aromatic heterocycles. The number of unbranched alkanes of at least 4 members (excludes halogenated alkanes) is 3. The zero-order valence-electron chi connectivity index (χ0n) is 57.8. The topological polar surface area (TPSA) is 403 Å². The second kappa shape index (κ2) is 38.5. The second-order valence-electron chi connectivity index (χ2n) is 25.5. The van der Waals surface area contributed by atoms with Crippen molar-refractivity contribution in [3.05, 3.63) is 46.5 Å². The number of thioether (sulfide) groups is 2. The minimum atomic E-state index is -1.89. The van der Waals surface area contributed by atoms with Crippen molar-refractivity contribution in [3.63, 3.8) is 0 Å². The summed E-state index contributed by atoms with van der Waals surface area (Å²) in [5, 5.41) is 36.0. The molecule has 4 aliphatic rings. The minimum Gasteiger partial charge on any atom is -0.495 e. The molecule has 32 heteroatoms. The van der Waals surface area contributed by atoms with Crippen LogP contribution in [0.3, 0.4) is 0 Å². The first-order valence-corrected chi connectivity index (χ1v) is 35.6. The van der Waals surface area contributed by atoms with Gasteiger partial charge in [0.2, 0.25) is 53.2 Å². The molecule has 0 radical (unpaired) electrons. The van der Waals surface area contributed by atoms with Crippen LogP contribution in [0.1, 0.15) is 144 Å². The van der Waals surface area contributed by atoms with Crippen LogP contribution >= 0.6 is 35.1 Å². The fraction of sp³-hybridized carbons (Fsp3) is 0.667. The number of hydrogen-bond donors (Lipinski definition) is 9. The van der Waals surface area contributed by atoms with E-state index in [0.717, 1.165) is 16.0 Å². The van der Waals surface area contributed by atoms with Crippen LogP contribution in [0.2, 0.25) is 5.02 Å². The number of ether oxygens (including phenoxy) is 5. The fourth-order valence-corrected chi connectivity index (χ4v) is 13.6. The molecule has 4 heterocycles. The Balaban J connectivity index is 0.989. The number of carboxylic acids is 1. The highest BCUT2D eigenvalue weighted by Gasteiger charge is 2.64. The summed E-state index contributed by atoms with van der Waals surface area (Å²) >= 11 is 9.51. The predicted molar refractivity (Wildman–Crippen MR) is 366 cm³/mol. The van der Waals surface area contributed by atoms with Crippen LogP contribution in [0, 0.1) is 5.92 Å². The van der Waals surface area contributed by atoms with Gasteiger partial charge in [0.1, 0.15) is 64.9 Å². The first-order chi connectivity index (χ1) is 46.2. The molecule has 5 rings (SSSR count). The lowest BCUT2D eigenvalue weighted by Crippen LogP contribution is -2.63. The summed E-state index contributed by atoms with van der Waals surface area (Å²) < 4.78 is 29.5. The number of carbonyl (C=O) groups is 12. The third-order valence-electron chi connectivity index (χ3n) is 17.8. The highest BCUT2D eigenvalue weighted by atomic mass is 35.5. The number of benzene rings is 1. The Morgan fingerprint density at radius 1 is 0.857 bits per heavy atom. The first-order valence-electron chi connectivity index (χ1n) is 33.1. The number of amides is 10. The van der Waals surface area contributed by atoms with E-state index in [9.17, 15) is 62.6 Å². The molecule has 0 saturated carbocycles. The Labute approximate surface area is 585 Å². The summed E-state index contributed by atoms with van der Waals surface area (Å²) in [6, 6.07) is -1.55. The van der Waals surface area contributed by atoms with Gasteiger partial charge in [0.25, 0.3) is 0 Å². The number of aliphatic carboxylic acids is 1. The number of nitrogens with two attached hydrogens (primary N) is 1. The number of anilines is 1. The SMILES string of the molecule is COc1cc2cc(c1Cl)N(C)C(=O)C[C@H](OC(=O)[C@H](C)N(C)C(=O)CCCCCSCNC(=O)[C@H](C)NC(=O)[C@@H](C)NC(=O)[C@H](C)NC(=O)CCCSC1CC(=O)N(CCCC(=O)NCCCC[C@H](N)C(=O)O)C1=O)[C@]1(C)O[C@H]1[C@H](C)[C@@H]1C[C@@](O)(NC(=O)O1)[C@H](OC)/C=C/C=C(\C)C2. The zero-order chi connectivity index (χ0) is 72.8. The van der Waals surface area contributed by atoms with Crippen molar-refractivity contribution in [3.8, 4) is 5.75 Å². The van der Waals surface area contributed by atoms with E-state index in [-0.39, 0.29) is 86.0 Å². The van der Waals surface area contributed by atoms with E-state index in [1.54, 1.807) is 45.2 Å². The molecule has 10 N–H and O–H groups in total. The normalized spacial score (nSPS) is 24.9. The Kier molecular flexibility index (Phi) is 32.1. The number of hydrogen-bond acceptors (Lipinski definition) is 21. The van der Waals surface area contributed by atoms with E-state index in [2.05, 4.69) is 31.9 Å². The van der Waals surface area contributed by atoms with Gasteiger partial charge in [0, 0.05) is 72.3 Å². The summed E-state index contributed by atoms with van der Waals surface area (Å²) in [5.74, 6) is -4.85. The number of nitrogens with one attached hydrogen (secondary N) is 6. The summed E-state index contributed by atoms with van der Waals surface area (Å²) in [6.07, 6.45) is 4.43. The van der Waals surface area contributed by atoms with Gasteiger partial charge in [-0.3, -0.25) is 58.2 Å². The quantitative estimate of drug-likeness (QED) is 0.0157. The third-order valence-corrected chi connectivity index (χ3v) is 20.4. The summed E-state index contributed by atoms with van der Waals surface area (Å²) in [6.45, 7) is 11.7. The number of rotatable bonds is 34. The largest absolute Gasteiger partial charge is 0.495 e. The molecule has 1 aromatic carbocycles. The molecule has 1 unspecified atom stereocenters. The lowest BCUT2D eigenvalue weighted by atomic mass is 9.83. The molecule has 0 spiro atoms. The predicted octanol–water partition coefficient (Wildman–Crippen LogP) is 3.52. The van der Waals surface area contributed by atoms with E-state index >= 15 is 0 Å². The number of aliphatic hydroxyl groups is 1. The Morgan fingerprint density at radius 3 is 2.20 bits per heavy atom. The van der Waals surface area contributed by atoms with Crippen molar-refractivity contribution in [2.45, 2.75) is 216 Å². The van der Waals surface area contributed by atoms with Crippen molar-refractivity contribution < 1.29 is 91.4 Å². The van der Waals surface area contributed by atoms with Crippen LogP contribution in [-0.2, 0) is 78.1 Å². The number of imide groups is 1. The number of allylic oxidation sites excluding steroid dienone is 3. The standard InChI is InChI=1S/C66H99ClN10O19S2/c1-37-20-17-22-49(93-11)66(91)35-47(94-64(90)74-66)38(2)57-65(7,96-57)50(34-54(81)76(9)45-31-43(30-37)32-46(92-10)56(45)67)95-63(89)42(6)75(8)53(80)25-13-12-16-28-97-36-70-58(83)39(3)72-60(85)41(5)73-59(84)40(4)71-52(79)24-19-29-98-48-33-55(82)77(61(48)86)27-18-23-51(78)69-26-15-14-21-44(68)62(87)88/h17,20,22,31-32,38-42,44,47-50,57,91H,12-16,18-19,21,23-30,33-36,68H2,1-11H3,(H,69,78)(H,70,83)(H,71,79)(H,72,85)(H,73,84)(H,74,90)(H,87,88)/b22-17+,37-20+/t38-,39+,40+,41-,42+,44+,47+,48?,49-,50+,57+,65+,66+/m1/s1. The van der Waals surface area contributed by atoms with Gasteiger partial charge in [-0.25, -0.2) is 9.59 Å². The third kappa shape index (κ3) is 23.8. The van der Waals surface area contributed by atoms with E-state index in [1.165, 1.54) is 82.3 Å². The van der Waals surface area contributed by atoms with Gasteiger partial charge < -0.3 is 76.0 Å². The molecule has 1 aromatic rings. The number of halogens is 1. The highest BCUT2D eigenvalue weighted by molar-refractivity contribution is 8.00. The summed E-state index contributed by atoms with van der Waals surface area (Å²) in [5.41, 5.74) is 4.28. The number of carboxylic acid groups (broad SMARTS) is 1. The Hall–Kier alpha value is -7.03. The molecule has 3 fully saturated rings. The zero-order valence-corrected chi connectivity index (χ0v) is 60.2. The maximum Gasteiger partial charge on any atom is 0.409 e. The van der Waals surface area contributed by atoms with E-state index in [1.807, 2.05) is 13.0 Å². The maximum atomic E-state index is 14.4. The lowest BCUT2D eigenvalue weighted by molar-refractivity contribution is -0.162. The molecule has 29 nitrogen and oxygen atoms in total. The van der Waals surface area contributed by atoms with Gasteiger partial charge >= 0.3 is 18.0 Å². The number of methoxy groups -OCH3 is 2. The number of likely N-dealkylation sites (tertiary alicyclic amines) is 1. The fourth-order valence-electron chi connectivity index (χ4n) is 11.4. The minimum absolute atomic E-state index is 0.00226. The highest BCUT2D eigenvalue weighted by Crippen LogP contribution is 2.49. The van der Waals surface area contributed by atoms with Gasteiger partial charge in [-0.1, -0.05) is 48.7 Å². The average Bonchev–Trinajstić information content (AvgIpc) is 1.57. The number of esters is 1. The number of nitrogens with zero attached hydrogens (tertiary/aromatic N) is 3. The van der Waals surface area contributed by atoms with Gasteiger partial charge in [-0.15, -0.1) is 23.5 Å². The molecule has 4 bridgehead atoms. The van der Waals surface area contributed by atoms with Crippen molar-refractivity contribution in [1.29, 1.82) is 0 Å². The van der Waals surface area contributed by atoms with Gasteiger partial charge in [-0.2, -0.15) is 0 Å². The van der Waals surface area contributed by atoms with Crippen molar-refractivity contribution in [1.82, 2.24) is 41.7 Å². The Bertz CT molecular complexity index is 3110. The number of carbonyl (C=O) groups excluding carboxylic acids is 11. The van der Waals surface area contributed by atoms with Crippen molar-refractivity contribution in [2.24, 2.45) is 11.7 Å². The Morgan fingerprint density at radius 2 is 1.53 bits per heavy atom. The van der Waals surface area contributed by atoms with Crippen LogP contribution in [0.5, 0.6) is 5.75 Å². The molecule has 4 aliphatic heterocycles. The van der Waals surface area contributed by atoms with E-state index in [4.69, 9.17) is 46.1 Å². The first kappa shape index (κ1) is 81.6.